The van der Waals surface area contributed by atoms with Crippen molar-refractivity contribution in [2.45, 2.75) is 32.2 Å². The van der Waals surface area contributed by atoms with Crippen LogP contribution in [0.4, 0.5) is 5.69 Å². The Hall–Kier alpha value is -1.95. The SMILES string of the molecule is CC1CCC(CO)CN1C(=O)Cc1cccc([N+](=O)[O-])c1. The number of nitro benzene ring substituents is 1. The molecule has 2 atom stereocenters. The van der Waals surface area contributed by atoms with E-state index in [-0.39, 0.29) is 36.6 Å². The number of aliphatic hydroxyl groups excluding tert-OH is 1. The molecule has 1 amide bonds. The van der Waals surface area contributed by atoms with Crippen molar-refractivity contribution in [3.8, 4) is 0 Å². The van der Waals surface area contributed by atoms with Crippen LogP contribution >= 0.6 is 0 Å². The van der Waals surface area contributed by atoms with E-state index in [1.165, 1.54) is 12.1 Å². The highest BCUT2D eigenvalue weighted by atomic mass is 16.6. The largest absolute Gasteiger partial charge is 0.396 e. The van der Waals surface area contributed by atoms with Crippen molar-refractivity contribution in [2.24, 2.45) is 5.92 Å². The van der Waals surface area contributed by atoms with Crippen LogP contribution in [0, 0.1) is 16.0 Å². The molecule has 1 aromatic carbocycles. The molecule has 1 fully saturated rings. The zero-order valence-electron chi connectivity index (χ0n) is 12.1. The molecule has 1 aromatic rings. The van der Waals surface area contributed by atoms with Gasteiger partial charge in [-0.2, -0.15) is 0 Å². The lowest BCUT2D eigenvalue weighted by Gasteiger charge is -2.37. The number of non-ortho nitro benzene ring substituents is 1. The fraction of sp³-hybridized carbons (Fsp3) is 0.533. The Morgan fingerprint density at radius 1 is 1.48 bits per heavy atom. The number of carbonyl (C=O) groups is 1. The smallest absolute Gasteiger partial charge is 0.269 e. The van der Waals surface area contributed by atoms with Crippen LogP contribution in [0.5, 0.6) is 0 Å². The summed E-state index contributed by atoms with van der Waals surface area (Å²) in [5.41, 5.74) is 0.646. The molecule has 1 saturated heterocycles. The van der Waals surface area contributed by atoms with Gasteiger partial charge in [0.1, 0.15) is 0 Å². The van der Waals surface area contributed by atoms with Gasteiger partial charge in [0.25, 0.3) is 5.69 Å². The molecule has 0 radical (unpaired) electrons. The van der Waals surface area contributed by atoms with Gasteiger partial charge in [-0.25, -0.2) is 0 Å². The first-order valence-electron chi connectivity index (χ1n) is 7.15. The molecular weight excluding hydrogens is 272 g/mol. The molecule has 1 N–H and O–H groups in total. The lowest BCUT2D eigenvalue weighted by atomic mass is 9.93. The number of amides is 1. The van der Waals surface area contributed by atoms with Gasteiger partial charge >= 0.3 is 0 Å². The van der Waals surface area contributed by atoms with Crippen LogP contribution in [-0.2, 0) is 11.2 Å². The zero-order chi connectivity index (χ0) is 15.4. The van der Waals surface area contributed by atoms with E-state index in [2.05, 4.69) is 0 Å². The van der Waals surface area contributed by atoms with Gasteiger partial charge in [-0.05, 0) is 31.2 Å². The molecule has 6 nitrogen and oxygen atoms in total. The number of benzene rings is 1. The second-order valence-corrected chi connectivity index (χ2v) is 5.62. The molecule has 1 aliphatic rings. The third-order valence-corrected chi connectivity index (χ3v) is 4.03. The van der Waals surface area contributed by atoms with Crippen molar-refractivity contribution in [3.63, 3.8) is 0 Å². The molecule has 1 aliphatic heterocycles. The number of carbonyl (C=O) groups excluding carboxylic acids is 1. The van der Waals surface area contributed by atoms with Gasteiger partial charge in [-0.3, -0.25) is 14.9 Å². The first-order valence-corrected chi connectivity index (χ1v) is 7.15. The van der Waals surface area contributed by atoms with Crippen LogP contribution in [0.25, 0.3) is 0 Å². The van der Waals surface area contributed by atoms with Crippen LogP contribution in [0.3, 0.4) is 0 Å². The van der Waals surface area contributed by atoms with Gasteiger partial charge in [0.05, 0.1) is 11.3 Å². The molecule has 0 saturated carbocycles. The van der Waals surface area contributed by atoms with Crippen LogP contribution in [0.1, 0.15) is 25.3 Å². The maximum atomic E-state index is 12.4. The number of nitro groups is 1. The summed E-state index contributed by atoms with van der Waals surface area (Å²) in [7, 11) is 0. The van der Waals surface area contributed by atoms with Crippen molar-refractivity contribution in [1.82, 2.24) is 4.90 Å². The number of piperidine rings is 1. The van der Waals surface area contributed by atoms with E-state index in [0.29, 0.717) is 12.1 Å². The molecule has 114 valence electrons. The second kappa shape index (κ2) is 6.67. The molecule has 0 spiro atoms. The van der Waals surface area contributed by atoms with Crippen LogP contribution in [-0.4, -0.2) is 40.0 Å². The Morgan fingerprint density at radius 3 is 2.90 bits per heavy atom. The summed E-state index contributed by atoms with van der Waals surface area (Å²) in [6.45, 7) is 2.65. The van der Waals surface area contributed by atoms with E-state index in [9.17, 15) is 20.0 Å². The van der Waals surface area contributed by atoms with E-state index in [1.807, 2.05) is 6.92 Å². The standard InChI is InChI=1S/C15H20N2O4/c1-11-5-6-13(10-18)9-16(11)15(19)8-12-3-2-4-14(7-12)17(20)21/h2-4,7,11,13,18H,5-6,8-10H2,1H3. The highest BCUT2D eigenvalue weighted by Crippen LogP contribution is 2.23. The molecular formula is C15H20N2O4. The number of nitrogens with zero attached hydrogens (tertiary/aromatic N) is 2. The fourth-order valence-electron chi connectivity index (χ4n) is 2.73. The minimum atomic E-state index is -0.459. The van der Waals surface area contributed by atoms with E-state index >= 15 is 0 Å². The van der Waals surface area contributed by atoms with Crippen LogP contribution < -0.4 is 0 Å². The van der Waals surface area contributed by atoms with Crippen molar-refractivity contribution in [1.29, 1.82) is 0 Å². The lowest BCUT2D eigenvalue weighted by Crippen LogP contribution is -2.46. The van der Waals surface area contributed by atoms with Gasteiger partial charge in [0, 0.05) is 31.3 Å². The first-order chi connectivity index (χ1) is 10.0. The van der Waals surface area contributed by atoms with Gasteiger partial charge in [0.2, 0.25) is 5.91 Å². The molecule has 2 rings (SSSR count). The van der Waals surface area contributed by atoms with E-state index in [0.717, 1.165) is 12.8 Å². The molecule has 2 unspecified atom stereocenters. The third kappa shape index (κ3) is 3.78. The molecule has 6 heteroatoms. The topological polar surface area (TPSA) is 83.7 Å². The summed E-state index contributed by atoms with van der Waals surface area (Å²) in [6, 6.07) is 6.33. The van der Waals surface area contributed by atoms with Crippen molar-refractivity contribution in [3.05, 3.63) is 39.9 Å². The maximum absolute atomic E-state index is 12.4. The Bertz CT molecular complexity index is 532. The van der Waals surface area contributed by atoms with Crippen molar-refractivity contribution < 1.29 is 14.8 Å². The normalized spacial score (nSPS) is 22.1. The minimum absolute atomic E-state index is 0.000211. The number of hydrogen-bond donors (Lipinski definition) is 1. The highest BCUT2D eigenvalue weighted by molar-refractivity contribution is 5.79. The van der Waals surface area contributed by atoms with Gasteiger partial charge < -0.3 is 10.0 Å². The van der Waals surface area contributed by atoms with E-state index < -0.39 is 4.92 Å². The van der Waals surface area contributed by atoms with Crippen LogP contribution in [0.15, 0.2) is 24.3 Å². The van der Waals surface area contributed by atoms with E-state index in [1.54, 1.807) is 17.0 Å². The summed E-state index contributed by atoms with van der Waals surface area (Å²) in [4.78, 5) is 24.5. The van der Waals surface area contributed by atoms with Gasteiger partial charge in [0.15, 0.2) is 0 Å². The Balaban J connectivity index is 2.06. The summed E-state index contributed by atoms with van der Waals surface area (Å²) in [6.07, 6.45) is 1.97. The summed E-state index contributed by atoms with van der Waals surface area (Å²) in [5, 5.41) is 20.0. The summed E-state index contributed by atoms with van der Waals surface area (Å²) < 4.78 is 0. The first kappa shape index (κ1) is 15.4. The molecule has 0 aromatic heterocycles. The lowest BCUT2D eigenvalue weighted by molar-refractivity contribution is -0.384. The maximum Gasteiger partial charge on any atom is 0.269 e. The van der Waals surface area contributed by atoms with Crippen LogP contribution in [0.2, 0.25) is 0 Å². The molecule has 0 aliphatic carbocycles. The minimum Gasteiger partial charge on any atom is -0.396 e. The van der Waals surface area contributed by atoms with Gasteiger partial charge in [-0.1, -0.05) is 12.1 Å². The highest BCUT2D eigenvalue weighted by Gasteiger charge is 2.28. The fourth-order valence-corrected chi connectivity index (χ4v) is 2.73. The van der Waals surface area contributed by atoms with Gasteiger partial charge in [-0.15, -0.1) is 0 Å². The van der Waals surface area contributed by atoms with E-state index in [4.69, 9.17) is 0 Å². The predicted octanol–water partition coefficient (Wildman–Crippen LogP) is 1.76. The van der Waals surface area contributed by atoms with Crippen molar-refractivity contribution in [2.75, 3.05) is 13.2 Å². The summed E-state index contributed by atoms with van der Waals surface area (Å²) in [5.74, 6) is 0.0939. The number of rotatable bonds is 4. The summed E-state index contributed by atoms with van der Waals surface area (Å²) >= 11 is 0. The average Bonchev–Trinajstić information content (AvgIpc) is 2.48. The zero-order valence-corrected chi connectivity index (χ0v) is 12.1. The Labute approximate surface area is 123 Å². The van der Waals surface area contributed by atoms with Crippen molar-refractivity contribution >= 4 is 11.6 Å². The average molecular weight is 292 g/mol. The number of likely N-dealkylation sites (tertiary alicyclic amines) is 1. The predicted molar refractivity (Wildman–Crippen MR) is 77.8 cm³/mol. The monoisotopic (exact) mass is 292 g/mol. The molecule has 1 heterocycles. The Morgan fingerprint density at radius 2 is 2.24 bits per heavy atom. The molecule has 21 heavy (non-hydrogen) atoms. The quantitative estimate of drug-likeness (QED) is 0.677. The second-order valence-electron chi connectivity index (χ2n) is 5.62. The Kier molecular flexibility index (Phi) is 4.90. The third-order valence-electron chi connectivity index (χ3n) is 4.03. The number of aliphatic hydroxyl groups is 1. The molecule has 0 bridgehead atoms. The number of hydrogen-bond acceptors (Lipinski definition) is 4.